The Morgan fingerprint density at radius 3 is 2.56 bits per heavy atom. The minimum absolute atomic E-state index is 0. The van der Waals surface area contributed by atoms with E-state index in [1.807, 2.05) is 11.8 Å². The second-order valence-electron chi connectivity index (χ2n) is 6.60. The molecular formula is C18H26ClF2N3O. The van der Waals surface area contributed by atoms with Gasteiger partial charge >= 0.3 is 0 Å². The summed E-state index contributed by atoms with van der Waals surface area (Å²) in [5.74, 6) is -0.853. The Balaban J connectivity index is 0.00000225. The van der Waals surface area contributed by atoms with Crippen molar-refractivity contribution >= 4 is 18.3 Å². The monoisotopic (exact) mass is 373 g/mol. The first-order valence-electron chi connectivity index (χ1n) is 8.81. The number of carbonyl (C=O) groups excluding carboxylic acids is 1. The predicted octanol–water partition coefficient (Wildman–Crippen LogP) is 2.73. The van der Waals surface area contributed by atoms with E-state index in [2.05, 4.69) is 10.2 Å². The van der Waals surface area contributed by atoms with Crippen molar-refractivity contribution in [3.05, 3.63) is 35.4 Å². The van der Waals surface area contributed by atoms with E-state index in [1.165, 1.54) is 6.07 Å². The first kappa shape index (κ1) is 20.1. The van der Waals surface area contributed by atoms with Crippen molar-refractivity contribution in [3.63, 3.8) is 0 Å². The summed E-state index contributed by atoms with van der Waals surface area (Å²) in [6, 6.07) is 3.69. The van der Waals surface area contributed by atoms with E-state index in [0.717, 1.165) is 31.9 Å². The number of rotatable bonds is 4. The molecule has 1 aromatic rings. The molecule has 0 radical (unpaired) electrons. The van der Waals surface area contributed by atoms with Crippen LogP contribution in [0.2, 0.25) is 0 Å². The van der Waals surface area contributed by atoms with Gasteiger partial charge in [-0.05, 0) is 31.9 Å². The van der Waals surface area contributed by atoms with Crippen molar-refractivity contribution in [1.82, 2.24) is 15.1 Å². The van der Waals surface area contributed by atoms with Gasteiger partial charge < -0.3 is 10.2 Å². The van der Waals surface area contributed by atoms with Crippen LogP contribution in [0.4, 0.5) is 8.78 Å². The summed E-state index contributed by atoms with van der Waals surface area (Å²) in [6.07, 6.45) is 2.72. The molecule has 0 spiro atoms. The number of halogens is 3. The van der Waals surface area contributed by atoms with Crippen LogP contribution in [-0.4, -0.2) is 54.5 Å². The topological polar surface area (TPSA) is 35.6 Å². The highest BCUT2D eigenvalue weighted by Crippen LogP contribution is 2.28. The third kappa shape index (κ3) is 4.49. The van der Waals surface area contributed by atoms with Crippen LogP contribution in [0, 0.1) is 11.6 Å². The molecule has 0 aromatic heterocycles. The molecular weight excluding hydrogens is 348 g/mol. The summed E-state index contributed by atoms with van der Waals surface area (Å²) in [5, 5.41) is 3.25. The summed E-state index contributed by atoms with van der Waals surface area (Å²) >= 11 is 0. The summed E-state index contributed by atoms with van der Waals surface area (Å²) in [7, 11) is 0. The number of hydrogen-bond acceptors (Lipinski definition) is 3. The first-order valence-corrected chi connectivity index (χ1v) is 8.81. The van der Waals surface area contributed by atoms with E-state index in [9.17, 15) is 13.6 Å². The van der Waals surface area contributed by atoms with Crippen LogP contribution in [0.5, 0.6) is 0 Å². The Labute approximate surface area is 154 Å². The smallest absolute Gasteiger partial charge is 0.239 e. The standard InChI is InChI=1S/C18H25F2N3O.ClH/c1-2-17(14-6-5-13(19)12-15(14)20)22-8-10-23(11-9-22)18(24)16-4-3-7-21-16;/h5-6,12,16-17,21H,2-4,7-11H2,1H3;1H. The lowest BCUT2D eigenvalue weighted by Gasteiger charge is -2.40. The van der Waals surface area contributed by atoms with Crippen molar-refractivity contribution in [2.45, 2.75) is 38.3 Å². The summed E-state index contributed by atoms with van der Waals surface area (Å²) in [6.45, 7) is 5.68. The molecule has 2 unspecified atom stereocenters. The van der Waals surface area contributed by atoms with Crippen LogP contribution in [0.15, 0.2) is 18.2 Å². The van der Waals surface area contributed by atoms with Gasteiger partial charge in [-0.1, -0.05) is 13.0 Å². The Hall–Kier alpha value is -1.24. The van der Waals surface area contributed by atoms with Crippen molar-refractivity contribution in [1.29, 1.82) is 0 Å². The van der Waals surface area contributed by atoms with Gasteiger partial charge in [0.1, 0.15) is 11.6 Å². The maximum absolute atomic E-state index is 14.1. The molecule has 2 saturated heterocycles. The van der Waals surface area contributed by atoms with Gasteiger partial charge in [-0.3, -0.25) is 9.69 Å². The van der Waals surface area contributed by atoms with E-state index in [1.54, 1.807) is 6.07 Å². The fourth-order valence-corrected chi connectivity index (χ4v) is 3.82. The lowest BCUT2D eigenvalue weighted by atomic mass is 10.0. The van der Waals surface area contributed by atoms with Crippen LogP contribution >= 0.6 is 12.4 Å². The van der Waals surface area contributed by atoms with Gasteiger partial charge in [0.2, 0.25) is 5.91 Å². The molecule has 2 heterocycles. The Kier molecular flexibility index (Phi) is 7.16. The largest absolute Gasteiger partial charge is 0.339 e. The summed E-state index contributed by atoms with van der Waals surface area (Å²) in [4.78, 5) is 16.6. The van der Waals surface area contributed by atoms with E-state index < -0.39 is 11.6 Å². The summed E-state index contributed by atoms with van der Waals surface area (Å²) in [5.41, 5.74) is 0.538. The van der Waals surface area contributed by atoms with E-state index in [0.29, 0.717) is 31.7 Å². The molecule has 0 aliphatic carbocycles. The second kappa shape index (κ2) is 8.92. The van der Waals surface area contributed by atoms with Gasteiger partial charge in [0, 0.05) is 43.9 Å². The molecule has 1 amide bonds. The fraction of sp³-hybridized carbons (Fsp3) is 0.611. The highest BCUT2D eigenvalue weighted by molar-refractivity contribution is 5.85. The minimum atomic E-state index is -0.550. The molecule has 2 aliphatic rings. The lowest BCUT2D eigenvalue weighted by Crippen LogP contribution is -2.53. The fourth-order valence-electron chi connectivity index (χ4n) is 3.82. The third-order valence-corrected chi connectivity index (χ3v) is 5.13. The van der Waals surface area contributed by atoms with E-state index >= 15 is 0 Å². The number of hydrogen-bond donors (Lipinski definition) is 1. The highest BCUT2D eigenvalue weighted by atomic mass is 35.5. The molecule has 140 valence electrons. The first-order chi connectivity index (χ1) is 11.6. The van der Waals surface area contributed by atoms with Crippen LogP contribution < -0.4 is 5.32 Å². The van der Waals surface area contributed by atoms with Crippen LogP contribution in [0.3, 0.4) is 0 Å². The Bertz CT molecular complexity index is 588. The van der Waals surface area contributed by atoms with Gasteiger partial charge in [-0.15, -0.1) is 12.4 Å². The molecule has 2 fully saturated rings. The quantitative estimate of drug-likeness (QED) is 0.881. The van der Waals surface area contributed by atoms with Crippen LogP contribution in [0.25, 0.3) is 0 Å². The van der Waals surface area contributed by atoms with Crippen LogP contribution in [-0.2, 0) is 4.79 Å². The molecule has 0 saturated carbocycles. The Morgan fingerprint density at radius 1 is 1.28 bits per heavy atom. The van der Waals surface area contributed by atoms with Crippen molar-refractivity contribution in [3.8, 4) is 0 Å². The van der Waals surface area contributed by atoms with Gasteiger partial charge in [0.25, 0.3) is 0 Å². The van der Waals surface area contributed by atoms with Gasteiger partial charge in [-0.25, -0.2) is 8.78 Å². The van der Waals surface area contributed by atoms with E-state index in [-0.39, 0.29) is 30.4 Å². The SMILES string of the molecule is CCC(c1ccc(F)cc1F)N1CCN(C(=O)C2CCCN2)CC1.Cl. The van der Waals surface area contributed by atoms with E-state index in [4.69, 9.17) is 0 Å². The zero-order chi connectivity index (χ0) is 17.1. The normalized spacial score (nSPS) is 22.5. The average molecular weight is 374 g/mol. The number of nitrogens with zero attached hydrogens (tertiary/aromatic N) is 2. The number of nitrogens with one attached hydrogen (secondary N) is 1. The maximum Gasteiger partial charge on any atom is 0.239 e. The number of benzene rings is 1. The van der Waals surface area contributed by atoms with Crippen LogP contribution in [0.1, 0.15) is 37.8 Å². The van der Waals surface area contributed by atoms with Crippen molar-refractivity contribution in [2.24, 2.45) is 0 Å². The third-order valence-electron chi connectivity index (χ3n) is 5.13. The number of amides is 1. The molecule has 1 N–H and O–H groups in total. The maximum atomic E-state index is 14.1. The molecule has 3 rings (SSSR count). The molecule has 2 atom stereocenters. The highest BCUT2D eigenvalue weighted by Gasteiger charge is 2.31. The van der Waals surface area contributed by atoms with Gasteiger partial charge in [0.15, 0.2) is 0 Å². The molecule has 2 aliphatic heterocycles. The van der Waals surface area contributed by atoms with Gasteiger partial charge in [-0.2, -0.15) is 0 Å². The number of carbonyl (C=O) groups is 1. The number of piperazine rings is 1. The molecule has 4 nitrogen and oxygen atoms in total. The molecule has 1 aromatic carbocycles. The van der Waals surface area contributed by atoms with Crippen molar-refractivity contribution in [2.75, 3.05) is 32.7 Å². The average Bonchev–Trinajstić information content (AvgIpc) is 3.12. The second-order valence-corrected chi connectivity index (χ2v) is 6.60. The lowest BCUT2D eigenvalue weighted by molar-refractivity contribution is -0.135. The predicted molar refractivity (Wildman–Crippen MR) is 95.8 cm³/mol. The zero-order valence-electron chi connectivity index (χ0n) is 14.5. The molecule has 7 heteroatoms. The Morgan fingerprint density at radius 2 is 2.00 bits per heavy atom. The zero-order valence-corrected chi connectivity index (χ0v) is 15.3. The molecule has 0 bridgehead atoms. The summed E-state index contributed by atoms with van der Waals surface area (Å²) < 4.78 is 27.3. The van der Waals surface area contributed by atoms with Crippen molar-refractivity contribution < 1.29 is 13.6 Å². The molecule has 25 heavy (non-hydrogen) atoms. The van der Waals surface area contributed by atoms with Gasteiger partial charge in [0.05, 0.1) is 6.04 Å². The minimum Gasteiger partial charge on any atom is -0.339 e.